The van der Waals surface area contributed by atoms with E-state index in [-0.39, 0.29) is 47.0 Å². The van der Waals surface area contributed by atoms with E-state index in [2.05, 4.69) is 53.1 Å². The van der Waals surface area contributed by atoms with Gasteiger partial charge in [-0.1, -0.05) is 27.7 Å². The molecule has 0 bridgehead atoms. The number of alkyl halides is 1. The minimum atomic E-state index is -1.24. The molecule has 3 aromatic rings. The molecular weight excluding hydrogens is 709 g/mol. The number of carboxylic acids is 1. The first kappa shape index (κ1) is 29.5. The first-order chi connectivity index (χ1) is 19.7. The number of hydrogen-bond acceptors (Lipinski definition) is 14. The van der Waals surface area contributed by atoms with Gasteiger partial charge in [0.2, 0.25) is 0 Å². The van der Waals surface area contributed by atoms with Gasteiger partial charge >= 0.3 is 5.97 Å². The zero-order chi connectivity index (χ0) is 29.3. The maximum absolute atomic E-state index is 13.2. The zero-order valence-corrected chi connectivity index (χ0v) is 25.8. The minimum Gasteiger partial charge on any atom is -0.477 e. The van der Waals surface area contributed by atoms with Crippen LogP contribution < -0.4 is 11.1 Å². The largest absolute Gasteiger partial charge is 0.477 e. The van der Waals surface area contributed by atoms with E-state index >= 15 is 0 Å². The quantitative estimate of drug-likeness (QED) is 0.0313. The van der Waals surface area contributed by atoms with Gasteiger partial charge in [-0.2, -0.15) is 9.50 Å². The number of aliphatic hydroxyl groups is 1. The van der Waals surface area contributed by atoms with E-state index in [1.807, 2.05) is 0 Å². The number of aryl methyl sites for hydroxylation is 1. The lowest BCUT2D eigenvalue weighted by Gasteiger charge is -2.49. The van der Waals surface area contributed by atoms with Gasteiger partial charge in [0, 0.05) is 27.0 Å². The molecule has 1 saturated heterocycles. The van der Waals surface area contributed by atoms with Crippen LogP contribution in [-0.4, -0.2) is 97.1 Å². The predicted octanol–water partition coefficient (Wildman–Crippen LogP) is 0.650. The molecule has 5 N–H and O–H groups in total. The molecule has 0 radical (unpaired) electrons. The van der Waals surface area contributed by atoms with Gasteiger partial charge in [0.05, 0.1) is 0 Å². The number of aliphatic hydroxyl groups excluding tert-OH is 1. The smallest absolute Gasteiger partial charge is 0.352 e. The van der Waals surface area contributed by atoms with Crippen LogP contribution in [0.5, 0.6) is 0 Å². The highest BCUT2D eigenvalue weighted by molar-refractivity contribution is 14.1. The Morgan fingerprint density at radius 2 is 2.17 bits per heavy atom. The van der Waals surface area contributed by atoms with Gasteiger partial charge in [-0.25, -0.2) is 14.8 Å². The lowest BCUT2D eigenvalue weighted by atomic mass is 10.0. The van der Waals surface area contributed by atoms with E-state index in [1.54, 1.807) is 18.4 Å². The summed E-state index contributed by atoms with van der Waals surface area (Å²) in [6, 6.07) is 0.823. The second-order valence-electron chi connectivity index (χ2n) is 8.57. The maximum atomic E-state index is 13.2. The van der Waals surface area contributed by atoms with Crippen LogP contribution in [0.4, 0.5) is 5.13 Å². The van der Waals surface area contributed by atoms with E-state index in [9.17, 15) is 24.6 Å². The van der Waals surface area contributed by atoms with Gasteiger partial charge in [-0.05, 0) is 18.6 Å². The number of carbonyl (C=O) groups is 3. The topological polar surface area (TPSA) is 211 Å². The Balaban J connectivity index is 1.33. The summed E-state index contributed by atoms with van der Waals surface area (Å²) in [7, 11) is 0. The van der Waals surface area contributed by atoms with Gasteiger partial charge in [0.25, 0.3) is 17.6 Å². The normalized spacial score (nSPS) is 18.9. The number of halogens is 1. The number of rotatable bonds is 11. The molecule has 0 spiro atoms. The number of carboxylic acid groups (broad SMARTS) is 1. The predicted molar refractivity (Wildman–Crippen MR) is 160 cm³/mol. The van der Waals surface area contributed by atoms with Gasteiger partial charge in [0.1, 0.15) is 41.0 Å². The Labute approximate surface area is 258 Å². The fraction of sp³-hybridized carbons (Fsp3) is 0.364. The number of carbonyl (C=O) groups excluding carboxylic acids is 2. The van der Waals surface area contributed by atoms with Crippen LogP contribution in [0.2, 0.25) is 0 Å². The van der Waals surface area contributed by atoms with E-state index in [0.29, 0.717) is 32.3 Å². The van der Waals surface area contributed by atoms with Crippen molar-refractivity contribution in [3.05, 3.63) is 39.9 Å². The first-order valence-corrected chi connectivity index (χ1v) is 16.3. The molecule has 2 atom stereocenters. The third kappa shape index (κ3) is 5.98. The average Bonchev–Trinajstić information content (AvgIpc) is 3.57. The molecule has 1 fully saturated rings. The minimum absolute atomic E-state index is 0.111. The molecule has 3 aromatic heterocycles. The second-order valence-corrected chi connectivity index (χ2v) is 12.6. The molecule has 5 heterocycles. The van der Waals surface area contributed by atoms with Crippen LogP contribution in [0.15, 0.2) is 32.9 Å². The SMILES string of the molecule is Cc1cc(SCC2=C(C(=O)O)N3C(=O)[C@@H](NC(=O)/C(=N/OCCI)c4csc(N)n4)[C@H]3SC2)n2nc(CO)nc2n1. The molecule has 216 valence electrons. The lowest BCUT2D eigenvalue weighted by Crippen LogP contribution is -2.71. The molecule has 15 nitrogen and oxygen atoms in total. The Bertz CT molecular complexity index is 1590. The maximum Gasteiger partial charge on any atom is 0.352 e. The standard InChI is InChI=1S/C22H22IN9O6S3/c1-9-4-13(32-22(25-9)27-12(5-33)29-32)39-6-10-7-40-19-15(18(35)31(19)16(10)20(36)37)28-17(34)14(30-38-3-2-23)11-8-41-21(24)26-11/h4,8,15,19,33H,2-3,5-7H2,1H3,(H2,24,26)(H,28,34)(H,36,37)/b30-14+/t15-,19-/m1/s1. The van der Waals surface area contributed by atoms with E-state index < -0.39 is 29.2 Å². The molecule has 5 rings (SSSR count). The first-order valence-electron chi connectivity index (χ1n) is 11.9. The Kier molecular flexibility index (Phi) is 8.97. The van der Waals surface area contributed by atoms with E-state index in [0.717, 1.165) is 11.3 Å². The van der Waals surface area contributed by atoms with Crippen molar-refractivity contribution in [3.8, 4) is 0 Å². The fourth-order valence-corrected chi connectivity index (χ4v) is 7.36. The number of aliphatic carboxylic acids is 1. The summed E-state index contributed by atoms with van der Waals surface area (Å²) < 4.78 is 2.13. The number of oxime groups is 1. The monoisotopic (exact) mass is 731 g/mol. The number of hydrogen-bond donors (Lipinski definition) is 4. The van der Waals surface area contributed by atoms with E-state index in [1.165, 1.54) is 32.9 Å². The number of nitrogens with one attached hydrogen (secondary N) is 1. The van der Waals surface area contributed by atoms with Gasteiger partial charge in [-0.3, -0.25) is 14.5 Å². The third-order valence-electron chi connectivity index (χ3n) is 5.83. The van der Waals surface area contributed by atoms with Crippen LogP contribution in [0, 0.1) is 6.92 Å². The molecule has 2 aliphatic rings. The summed E-state index contributed by atoms with van der Waals surface area (Å²) >= 11 is 5.90. The third-order valence-corrected chi connectivity index (χ3v) is 9.36. The average molecular weight is 732 g/mol. The number of thiazole rings is 1. The molecule has 2 amide bonds. The lowest BCUT2D eigenvalue weighted by molar-refractivity contribution is -0.150. The molecule has 41 heavy (non-hydrogen) atoms. The second kappa shape index (κ2) is 12.5. The van der Waals surface area contributed by atoms with Crippen LogP contribution in [0.3, 0.4) is 0 Å². The van der Waals surface area contributed by atoms with Crippen molar-refractivity contribution in [1.82, 2.24) is 34.8 Å². The summed E-state index contributed by atoms with van der Waals surface area (Å²) in [4.78, 5) is 57.6. The number of amides is 2. The van der Waals surface area contributed by atoms with Crippen LogP contribution in [0.1, 0.15) is 17.2 Å². The highest BCUT2D eigenvalue weighted by Gasteiger charge is 2.54. The van der Waals surface area contributed by atoms with Gasteiger partial charge < -0.3 is 26.1 Å². The zero-order valence-electron chi connectivity index (χ0n) is 21.2. The number of nitrogens with zero attached hydrogens (tertiary/aromatic N) is 7. The van der Waals surface area contributed by atoms with Crippen molar-refractivity contribution < 1.29 is 29.4 Å². The summed E-state index contributed by atoms with van der Waals surface area (Å²) in [5, 5.41) is 32.1. The van der Waals surface area contributed by atoms with E-state index in [4.69, 9.17) is 10.6 Å². The molecule has 0 unspecified atom stereocenters. The van der Waals surface area contributed by atoms with Crippen molar-refractivity contribution in [1.29, 1.82) is 0 Å². The van der Waals surface area contributed by atoms with Gasteiger partial charge in [-0.15, -0.1) is 40.0 Å². The van der Waals surface area contributed by atoms with Crippen molar-refractivity contribution in [2.75, 3.05) is 28.3 Å². The van der Waals surface area contributed by atoms with Crippen molar-refractivity contribution >= 4 is 91.9 Å². The number of anilines is 1. The number of fused-ring (bicyclic) bond motifs is 2. The number of aromatic nitrogens is 5. The number of β-lactam (4-membered cyclic amide) rings is 1. The molecule has 19 heteroatoms. The number of nitrogens with two attached hydrogens (primary N) is 1. The summed E-state index contributed by atoms with van der Waals surface area (Å²) in [6.45, 7) is 1.72. The summed E-state index contributed by atoms with van der Waals surface area (Å²) in [6.07, 6.45) is 0. The van der Waals surface area contributed by atoms with Crippen LogP contribution in [0.25, 0.3) is 5.78 Å². The molecule has 0 saturated carbocycles. The molecule has 0 aromatic carbocycles. The van der Waals surface area contributed by atoms with Crippen LogP contribution >= 0.6 is 57.5 Å². The Morgan fingerprint density at radius 3 is 2.85 bits per heavy atom. The van der Waals surface area contributed by atoms with Gasteiger partial charge in [0.15, 0.2) is 16.7 Å². The van der Waals surface area contributed by atoms with Crippen molar-refractivity contribution in [2.24, 2.45) is 5.16 Å². The molecule has 0 aliphatic carbocycles. The summed E-state index contributed by atoms with van der Waals surface area (Å²) in [5.74, 6) is -1.36. The molecule has 2 aliphatic heterocycles. The number of thioether (sulfide) groups is 2. The number of nitrogen functional groups attached to an aromatic ring is 1. The molecular formula is C22H22IN9O6S3. The van der Waals surface area contributed by atoms with Crippen molar-refractivity contribution in [3.63, 3.8) is 0 Å². The summed E-state index contributed by atoms with van der Waals surface area (Å²) in [5.41, 5.74) is 6.91. The van der Waals surface area contributed by atoms with Crippen molar-refractivity contribution in [2.45, 2.75) is 30.0 Å². The van der Waals surface area contributed by atoms with Crippen LogP contribution in [-0.2, 0) is 25.8 Å². The highest BCUT2D eigenvalue weighted by atomic mass is 127. The fourth-order valence-electron chi connectivity index (χ4n) is 4.08. The Morgan fingerprint density at radius 1 is 1.37 bits per heavy atom. The Hall–Kier alpha value is -3.01. The highest BCUT2D eigenvalue weighted by Crippen LogP contribution is 2.41.